The molecule has 4 nitrogen and oxygen atoms in total. The minimum Gasteiger partial charge on any atom is -0.274 e. The Morgan fingerprint density at radius 1 is 1.14 bits per heavy atom. The lowest BCUT2D eigenvalue weighted by Gasteiger charge is -2.10. The van der Waals surface area contributed by atoms with Crippen molar-refractivity contribution in [2.24, 2.45) is 0 Å². The molecule has 2 heterocycles. The maximum absolute atomic E-state index is 13.2. The van der Waals surface area contributed by atoms with Crippen LogP contribution in [0.25, 0.3) is 16.9 Å². The maximum atomic E-state index is 13.2. The summed E-state index contributed by atoms with van der Waals surface area (Å²) in [6.45, 7) is 0. The lowest BCUT2D eigenvalue weighted by atomic mass is 10.1. The van der Waals surface area contributed by atoms with E-state index in [0.29, 0.717) is 10.1 Å². The highest BCUT2D eigenvalue weighted by molar-refractivity contribution is 6.67. The van der Waals surface area contributed by atoms with Gasteiger partial charge in [-0.2, -0.15) is 18.3 Å². The molecule has 0 aliphatic heterocycles. The molecule has 0 saturated heterocycles. The van der Waals surface area contributed by atoms with E-state index in [0.717, 1.165) is 12.1 Å². The van der Waals surface area contributed by atoms with Gasteiger partial charge in [0.05, 0.1) is 5.69 Å². The Morgan fingerprint density at radius 2 is 1.82 bits per heavy atom. The van der Waals surface area contributed by atoms with Gasteiger partial charge in [-0.15, -0.1) is 0 Å². The number of hydrogen-bond donors (Lipinski definition) is 0. The topological polar surface area (TPSA) is 47.3 Å². The Bertz CT molecular complexity index is 859. The first-order chi connectivity index (χ1) is 10.4. The molecule has 1 aromatic carbocycles. The Balaban J connectivity index is 2.31. The van der Waals surface area contributed by atoms with Gasteiger partial charge in [0.25, 0.3) is 5.24 Å². The SMILES string of the molecule is O=C(Cl)c1cc2nc(-c3ccccc3)cc(C(F)(F)F)n2n1. The zero-order chi connectivity index (χ0) is 15.9. The monoisotopic (exact) mass is 325 g/mol. The molecule has 0 radical (unpaired) electrons. The third kappa shape index (κ3) is 2.55. The molecule has 0 saturated carbocycles. The normalized spacial score (nSPS) is 11.8. The molecule has 22 heavy (non-hydrogen) atoms. The molecule has 3 aromatic rings. The van der Waals surface area contributed by atoms with Gasteiger partial charge in [-0.25, -0.2) is 9.50 Å². The third-order valence-electron chi connectivity index (χ3n) is 2.99. The molecule has 0 amide bonds. The van der Waals surface area contributed by atoms with E-state index in [1.54, 1.807) is 30.3 Å². The first kappa shape index (κ1) is 14.5. The quantitative estimate of drug-likeness (QED) is 0.673. The number of carbonyl (C=O) groups is 1. The molecule has 0 aliphatic carbocycles. The summed E-state index contributed by atoms with van der Waals surface area (Å²) in [5, 5.41) is 2.62. The van der Waals surface area contributed by atoms with E-state index in [4.69, 9.17) is 11.6 Å². The number of carbonyl (C=O) groups excluding carboxylic acids is 1. The first-order valence-electron chi connectivity index (χ1n) is 6.09. The predicted octanol–water partition coefficient (Wildman–Crippen LogP) is 3.79. The third-order valence-corrected chi connectivity index (χ3v) is 3.18. The second kappa shape index (κ2) is 5.10. The molecule has 0 spiro atoms. The summed E-state index contributed by atoms with van der Waals surface area (Å²) in [4.78, 5) is 15.2. The van der Waals surface area contributed by atoms with Crippen molar-refractivity contribution in [3.05, 3.63) is 53.9 Å². The largest absolute Gasteiger partial charge is 0.433 e. The Kier molecular flexibility index (Phi) is 3.37. The summed E-state index contributed by atoms with van der Waals surface area (Å²) in [6.07, 6.45) is -4.65. The summed E-state index contributed by atoms with van der Waals surface area (Å²) in [5.74, 6) is 0. The summed E-state index contributed by atoms with van der Waals surface area (Å²) in [7, 11) is 0. The molecule has 0 N–H and O–H groups in total. The van der Waals surface area contributed by atoms with Crippen LogP contribution in [0.3, 0.4) is 0 Å². The minimum absolute atomic E-state index is 0.0994. The van der Waals surface area contributed by atoms with E-state index in [1.165, 1.54) is 0 Å². The Labute approximate surface area is 127 Å². The fourth-order valence-electron chi connectivity index (χ4n) is 2.03. The van der Waals surface area contributed by atoms with Crippen molar-refractivity contribution in [1.29, 1.82) is 0 Å². The smallest absolute Gasteiger partial charge is 0.274 e. The van der Waals surface area contributed by atoms with Crippen molar-refractivity contribution in [2.75, 3.05) is 0 Å². The van der Waals surface area contributed by atoms with Gasteiger partial charge in [-0.05, 0) is 17.7 Å². The van der Waals surface area contributed by atoms with Crippen LogP contribution in [0.5, 0.6) is 0 Å². The number of hydrogen-bond acceptors (Lipinski definition) is 3. The highest BCUT2D eigenvalue weighted by Gasteiger charge is 2.35. The predicted molar refractivity (Wildman–Crippen MR) is 73.6 cm³/mol. The van der Waals surface area contributed by atoms with Gasteiger partial charge in [0.15, 0.2) is 11.3 Å². The van der Waals surface area contributed by atoms with Gasteiger partial charge in [0.2, 0.25) is 0 Å². The van der Waals surface area contributed by atoms with Crippen molar-refractivity contribution < 1.29 is 18.0 Å². The number of rotatable bonds is 2. The van der Waals surface area contributed by atoms with E-state index in [1.807, 2.05) is 0 Å². The van der Waals surface area contributed by atoms with Crippen LogP contribution in [-0.2, 0) is 6.18 Å². The van der Waals surface area contributed by atoms with Crippen LogP contribution in [0.4, 0.5) is 13.2 Å². The van der Waals surface area contributed by atoms with Gasteiger partial charge >= 0.3 is 6.18 Å². The van der Waals surface area contributed by atoms with E-state index in [9.17, 15) is 18.0 Å². The summed E-state index contributed by atoms with van der Waals surface area (Å²) in [5.41, 5.74) is -0.757. The number of halogens is 4. The number of fused-ring (bicyclic) bond motifs is 1. The molecule has 3 rings (SSSR count). The van der Waals surface area contributed by atoms with Gasteiger partial charge in [0, 0.05) is 11.6 Å². The van der Waals surface area contributed by atoms with Crippen LogP contribution >= 0.6 is 11.6 Å². The van der Waals surface area contributed by atoms with Gasteiger partial charge < -0.3 is 0 Å². The van der Waals surface area contributed by atoms with Crippen LogP contribution < -0.4 is 0 Å². The van der Waals surface area contributed by atoms with E-state index >= 15 is 0 Å². The van der Waals surface area contributed by atoms with Crippen LogP contribution in [0.15, 0.2) is 42.5 Å². The molecular weight excluding hydrogens is 319 g/mol. The first-order valence-corrected chi connectivity index (χ1v) is 6.47. The van der Waals surface area contributed by atoms with Gasteiger partial charge in [0.1, 0.15) is 5.69 Å². The van der Waals surface area contributed by atoms with Gasteiger partial charge in [-0.3, -0.25) is 4.79 Å². The molecular formula is C14H7ClF3N3O. The highest BCUT2D eigenvalue weighted by atomic mass is 35.5. The van der Waals surface area contributed by atoms with Crippen molar-refractivity contribution in [3.63, 3.8) is 0 Å². The molecule has 0 unspecified atom stereocenters. The lowest BCUT2D eigenvalue weighted by Crippen LogP contribution is -2.14. The molecule has 0 fully saturated rings. The van der Waals surface area contributed by atoms with Crippen molar-refractivity contribution >= 4 is 22.5 Å². The number of aromatic nitrogens is 3. The van der Waals surface area contributed by atoms with Crippen LogP contribution in [0, 0.1) is 0 Å². The zero-order valence-electron chi connectivity index (χ0n) is 10.8. The van der Waals surface area contributed by atoms with Crippen LogP contribution in [0.2, 0.25) is 0 Å². The molecule has 2 aromatic heterocycles. The average Bonchev–Trinajstić information content (AvgIpc) is 2.90. The molecule has 8 heteroatoms. The van der Waals surface area contributed by atoms with E-state index in [2.05, 4.69) is 10.1 Å². The number of alkyl halides is 3. The fraction of sp³-hybridized carbons (Fsp3) is 0.0714. The summed E-state index contributed by atoms with van der Waals surface area (Å²) < 4.78 is 40.2. The van der Waals surface area contributed by atoms with E-state index < -0.39 is 17.1 Å². The standard InChI is InChI=1S/C14H7ClF3N3O/c15-13(22)10-7-12-19-9(8-4-2-1-3-5-8)6-11(14(16,17)18)21(12)20-10/h1-7H. The van der Waals surface area contributed by atoms with Crippen molar-refractivity contribution in [1.82, 2.24) is 14.6 Å². The van der Waals surface area contributed by atoms with Gasteiger partial charge in [-0.1, -0.05) is 30.3 Å². The Hall–Kier alpha value is -2.41. The lowest BCUT2D eigenvalue weighted by molar-refractivity contribution is -0.142. The van der Waals surface area contributed by atoms with Crippen LogP contribution in [0.1, 0.15) is 16.2 Å². The average molecular weight is 326 g/mol. The highest BCUT2D eigenvalue weighted by Crippen LogP contribution is 2.32. The second-order valence-electron chi connectivity index (χ2n) is 4.46. The molecule has 0 aliphatic rings. The number of benzene rings is 1. The van der Waals surface area contributed by atoms with Crippen molar-refractivity contribution in [3.8, 4) is 11.3 Å². The fourth-order valence-corrected chi connectivity index (χ4v) is 2.12. The Morgan fingerprint density at radius 3 is 2.41 bits per heavy atom. The number of nitrogens with zero attached hydrogens (tertiary/aromatic N) is 3. The van der Waals surface area contributed by atoms with Crippen molar-refractivity contribution in [2.45, 2.75) is 6.18 Å². The summed E-state index contributed by atoms with van der Waals surface area (Å²) >= 11 is 5.27. The maximum Gasteiger partial charge on any atom is 0.433 e. The molecule has 0 bridgehead atoms. The van der Waals surface area contributed by atoms with Crippen LogP contribution in [-0.4, -0.2) is 19.8 Å². The molecule has 112 valence electrons. The second-order valence-corrected chi connectivity index (χ2v) is 4.81. The van der Waals surface area contributed by atoms with E-state index in [-0.39, 0.29) is 17.0 Å². The minimum atomic E-state index is -4.65. The molecule has 0 atom stereocenters. The summed E-state index contributed by atoms with van der Waals surface area (Å²) in [6, 6.07) is 10.4. The zero-order valence-corrected chi connectivity index (χ0v) is 11.6.